The van der Waals surface area contributed by atoms with Crippen LogP contribution in [0.3, 0.4) is 0 Å². The van der Waals surface area contributed by atoms with E-state index in [9.17, 15) is 4.79 Å². The third-order valence-corrected chi connectivity index (χ3v) is 4.10. The predicted molar refractivity (Wildman–Crippen MR) is 112 cm³/mol. The van der Waals surface area contributed by atoms with Crippen molar-refractivity contribution in [1.29, 1.82) is 0 Å². The van der Waals surface area contributed by atoms with Gasteiger partial charge in [-0.1, -0.05) is 26.0 Å². The second-order valence-electron chi connectivity index (χ2n) is 6.94. The third kappa shape index (κ3) is 6.15. The largest absolute Gasteiger partial charge is 0.478 e. The number of nitrogens with one attached hydrogen (secondary N) is 1. The first-order valence-corrected chi connectivity index (χ1v) is 9.82. The van der Waals surface area contributed by atoms with Crippen LogP contribution in [-0.4, -0.2) is 29.0 Å². The summed E-state index contributed by atoms with van der Waals surface area (Å²) in [5.74, 6) is 1.01. The molecule has 1 aromatic carbocycles. The molecule has 0 radical (unpaired) electrons. The van der Waals surface area contributed by atoms with Crippen LogP contribution in [0.25, 0.3) is 6.08 Å². The topological polar surface area (TPSA) is 65.4 Å². The van der Waals surface area contributed by atoms with Gasteiger partial charge in [-0.3, -0.25) is 0 Å². The Balaban J connectivity index is 2.05. The van der Waals surface area contributed by atoms with Crippen LogP contribution in [0.1, 0.15) is 44.5 Å². The van der Waals surface area contributed by atoms with Gasteiger partial charge in [0.15, 0.2) is 0 Å². The van der Waals surface area contributed by atoms with Crippen molar-refractivity contribution in [2.24, 2.45) is 5.92 Å². The molecule has 1 N–H and O–H groups in total. The van der Waals surface area contributed by atoms with E-state index in [1.165, 1.54) is 6.08 Å². The Labute approximate surface area is 167 Å². The smallest absolute Gasteiger partial charge is 0.330 e. The predicted octanol–water partition coefficient (Wildman–Crippen LogP) is 4.43. The molecule has 0 amide bonds. The van der Waals surface area contributed by atoms with E-state index in [0.29, 0.717) is 25.7 Å². The van der Waals surface area contributed by atoms with Crippen LogP contribution in [0.2, 0.25) is 0 Å². The fourth-order valence-electron chi connectivity index (χ4n) is 2.83. The number of carbonyl (C=O) groups is 1. The molecule has 2 aromatic rings. The van der Waals surface area contributed by atoms with Gasteiger partial charge < -0.3 is 14.8 Å². The minimum atomic E-state index is -0.331. The molecular weight excluding hydrogens is 354 g/mol. The Hall–Kier alpha value is -2.76. The van der Waals surface area contributed by atoms with Gasteiger partial charge in [0, 0.05) is 24.9 Å². The third-order valence-electron chi connectivity index (χ3n) is 4.10. The average Bonchev–Trinajstić information content (AvgIpc) is 2.93. The Kier molecular flexibility index (Phi) is 8.11. The van der Waals surface area contributed by atoms with E-state index in [1.54, 1.807) is 13.0 Å². The van der Waals surface area contributed by atoms with Gasteiger partial charge in [0.2, 0.25) is 5.88 Å². The molecule has 6 nitrogen and oxygen atoms in total. The second-order valence-corrected chi connectivity index (χ2v) is 6.94. The number of nitrogens with zero attached hydrogens (tertiary/aromatic N) is 2. The zero-order valence-electron chi connectivity index (χ0n) is 17.5. The number of hydrogen-bond donors (Lipinski definition) is 1. The van der Waals surface area contributed by atoms with Gasteiger partial charge in [-0.05, 0) is 50.5 Å². The first kappa shape index (κ1) is 21.5. The highest BCUT2D eigenvalue weighted by molar-refractivity contribution is 5.87. The SMILES string of the molecule is CCOC(=O)/C=C/c1ccc(NCc2c(C)nn(CC(C)C)c2OCC)cc1. The van der Waals surface area contributed by atoms with Crippen LogP contribution in [0.5, 0.6) is 5.88 Å². The number of anilines is 1. The van der Waals surface area contributed by atoms with Crippen LogP contribution >= 0.6 is 0 Å². The summed E-state index contributed by atoms with van der Waals surface area (Å²) in [6.07, 6.45) is 3.18. The number of aryl methyl sites for hydroxylation is 1. The van der Waals surface area contributed by atoms with Crippen molar-refractivity contribution in [2.75, 3.05) is 18.5 Å². The monoisotopic (exact) mass is 385 g/mol. The average molecular weight is 386 g/mol. The summed E-state index contributed by atoms with van der Waals surface area (Å²) in [5, 5.41) is 8.08. The molecule has 0 aliphatic carbocycles. The van der Waals surface area contributed by atoms with Crippen molar-refractivity contribution in [1.82, 2.24) is 9.78 Å². The number of hydrogen-bond acceptors (Lipinski definition) is 5. The van der Waals surface area contributed by atoms with E-state index in [0.717, 1.165) is 34.9 Å². The van der Waals surface area contributed by atoms with Crippen LogP contribution in [-0.2, 0) is 22.6 Å². The van der Waals surface area contributed by atoms with E-state index in [-0.39, 0.29) is 5.97 Å². The van der Waals surface area contributed by atoms with Crippen LogP contribution in [0.15, 0.2) is 30.3 Å². The molecule has 0 atom stereocenters. The fourth-order valence-corrected chi connectivity index (χ4v) is 2.83. The maximum absolute atomic E-state index is 11.4. The number of benzene rings is 1. The quantitative estimate of drug-likeness (QED) is 0.484. The second kappa shape index (κ2) is 10.5. The zero-order valence-corrected chi connectivity index (χ0v) is 17.5. The molecule has 0 aliphatic heterocycles. The number of esters is 1. The Morgan fingerprint density at radius 3 is 2.54 bits per heavy atom. The lowest BCUT2D eigenvalue weighted by molar-refractivity contribution is -0.137. The normalized spacial score (nSPS) is 11.2. The van der Waals surface area contributed by atoms with Crippen molar-refractivity contribution in [2.45, 2.75) is 47.7 Å². The fraction of sp³-hybridized carbons (Fsp3) is 0.455. The van der Waals surface area contributed by atoms with E-state index >= 15 is 0 Å². The lowest BCUT2D eigenvalue weighted by Crippen LogP contribution is -2.10. The van der Waals surface area contributed by atoms with Crippen molar-refractivity contribution >= 4 is 17.7 Å². The van der Waals surface area contributed by atoms with Gasteiger partial charge in [0.05, 0.1) is 24.5 Å². The van der Waals surface area contributed by atoms with Gasteiger partial charge in [-0.2, -0.15) is 5.10 Å². The molecule has 0 saturated carbocycles. The first-order valence-electron chi connectivity index (χ1n) is 9.82. The Bertz CT molecular complexity index is 792. The summed E-state index contributed by atoms with van der Waals surface area (Å²) in [7, 11) is 0. The highest BCUT2D eigenvalue weighted by Crippen LogP contribution is 2.25. The molecule has 0 aliphatic rings. The van der Waals surface area contributed by atoms with Gasteiger partial charge in [0.25, 0.3) is 0 Å². The number of carbonyl (C=O) groups excluding carboxylic acids is 1. The van der Waals surface area contributed by atoms with E-state index in [4.69, 9.17) is 9.47 Å². The summed E-state index contributed by atoms with van der Waals surface area (Å²) in [6.45, 7) is 12.6. The van der Waals surface area contributed by atoms with Crippen molar-refractivity contribution < 1.29 is 14.3 Å². The number of ether oxygens (including phenoxy) is 2. The van der Waals surface area contributed by atoms with Gasteiger partial charge >= 0.3 is 5.97 Å². The lowest BCUT2D eigenvalue weighted by Gasteiger charge is -2.12. The van der Waals surface area contributed by atoms with Crippen molar-refractivity contribution in [3.8, 4) is 5.88 Å². The molecule has 0 saturated heterocycles. The molecule has 1 heterocycles. The molecule has 0 fully saturated rings. The minimum Gasteiger partial charge on any atom is -0.478 e. The highest BCUT2D eigenvalue weighted by Gasteiger charge is 2.17. The van der Waals surface area contributed by atoms with Crippen molar-refractivity contribution in [3.05, 3.63) is 47.2 Å². The number of aromatic nitrogens is 2. The molecule has 6 heteroatoms. The molecule has 1 aromatic heterocycles. The van der Waals surface area contributed by atoms with Gasteiger partial charge in [-0.15, -0.1) is 0 Å². The van der Waals surface area contributed by atoms with Gasteiger partial charge in [-0.25, -0.2) is 9.48 Å². The van der Waals surface area contributed by atoms with Crippen LogP contribution in [0, 0.1) is 12.8 Å². The molecule has 0 unspecified atom stereocenters. The summed E-state index contributed by atoms with van der Waals surface area (Å²) in [5.41, 5.74) is 3.99. The van der Waals surface area contributed by atoms with E-state index < -0.39 is 0 Å². The summed E-state index contributed by atoms with van der Waals surface area (Å²) >= 11 is 0. The molecule has 0 bridgehead atoms. The molecule has 0 spiro atoms. The zero-order chi connectivity index (χ0) is 20.5. The lowest BCUT2D eigenvalue weighted by atomic mass is 10.2. The standard InChI is InChI=1S/C22H31N3O3/c1-6-27-21(26)13-10-18-8-11-19(12-9-18)23-14-20-17(5)24-25(15-16(3)4)22(20)28-7-2/h8-13,16,23H,6-7,14-15H2,1-5H3/b13-10+. The molecule has 2 rings (SSSR count). The molecular formula is C22H31N3O3. The van der Waals surface area contributed by atoms with Crippen molar-refractivity contribution in [3.63, 3.8) is 0 Å². The summed E-state index contributed by atoms with van der Waals surface area (Å²) in [6, 6.07) is 7.88. The minimum absolute atomic E-state index is 0.331. The van der Waals surface area contributed by atoms with E-state index in [1.807, 2.05) is 42.8 Å². The van der Waals surface area contributed by atoms with Gasteiger partial charge in [0.1, 0.15) is 0 Å². The van der Waals surface area contributed by atoms with E-state index in [2.05, 4.69) is 24.3 Å². The molecule has 152 valence electrons. The first-order chi connectivity index (χ1) is 13.4. The highest BCUT2D eigenvalue weighted by atomic mass is 16.5. The van der Waals surface area contributed by atoms with Crippen LogP contribution < -0.4 is 10.1 Å². The summed E-state index contributed by atoms with van der Waals surface area (Å²) in [4.78, 5) is 11.4. The summed E-state index contributed by atoms with van der Waals surface area (Å²) < 4.78 is 12.7. The van der Waals surface area contributed by atoms with Crippen LogP contribution in [0.4, 0.5) is 5.69 Å². The molecule has 28 heavy (non-hydrogen) atoms. The maximum Gasteiger partial charge on any atom is 0.330 e. The Morgan fingerprint density at radius 1 is 1.21 bits per heavy atom. The maximum atomic E-state index is 11.4. The number of rotatable bonds is 10. The Morgan fingerprint density at radius 2 is 1.93 bits per heavy atom.